The van der Waals surface area contributed by atoms with Gasteiger partial charge in [0, 0.05) is 98.9 Å². The quantitative estimate of drug-likeness (QED) is 0.0466. The van der Waals surface area contributed by atoms with Crippen LogP contribution < -0.4 is 20.1 Å². The average Bonchev–Trinajstić information content (AvgIpc) is 3.41. The molecule has 10 atom stereocenters. The summed E-state index contributed by atoms with van der Waals surface area (Å²) >= 11 is 2.12. The first-order valence-corrected chi connectivity index (χ1v) is 26.6. The minimum atomic E-state index is -1.34. The van der Waals surface area contributed by atoms with E-state index in [0.717, 1.165) is 78.9 Å². The molecule has 0 unspecified atom stereocenters. The highest BCUT2D eigenvalue weighted by atomic mass is 32.2. The summed E-state index contributed by atoms with van der Waals surface area (Å²) in [6.45, 7) is 12.3. The van der Waals surface area contributed by atoms with Gasteiger partial charge in [0.15, 0.2) is 36.6 Å². The van der Waals surface area contributed by atoms with E-state index in [1.54, 1.807) is 6.07 Å². The lowest BCUT2D eigenvalue weighted by atomic mass is 9.99. The summed E-state index contributed by atoms with van der Waals surface area (Å²) in [5.74, 6) is -6.49. The van der Waals surface area contributed by atoms with E-state index >= 15 is 0 Å². The van der Waals surface area contributed by atoms with Crippen molar-refractivity contribution in [2.45, 2.75) is 141 Å². The molecule has 0 aromatic heterocycles. The van der Waals surface area contributed by atoms with E-state index in [0.29, 0.717) is 12.8 Å². The number of hydrogen-bond donors (Lipinski definition) is 2. The van der Waals surface area contributed by atoms with Crippen molar-refractivity contribution < 1.29 is 114 Å². The summed E-state index contributed by atoms with van der Waals surface area (Å²) in [5, 5.41) is 5.56. The van der Waals surface area contributed by atoms with Gasteiger partial charge < -0.3 is 72.2 Å². The van der Waals surface area contributed by atoms with E-state index in [4.69, 9.17) is 61.6 Å². The molecular weight excluding hydrogens is 1080 g/mol. The van der Waals surface area contributed by atoms with Gasteiger partial charge in [0.2, 0.25) is 11.8 Å². The first-order valence-electron chi connectivity index (χ1n) is 24.5. The van der Waals surface area contributed by atoms with E-state index < -0.39 is 113 Å². The van der Waals surface area contributed by atoms with Crippen LogP contribution in [-0.4, -0.2) is 183 Å². The largest absolute Gasteiger partial charge is 0.493 e. The average molecular weight is 1150 g/mol. The fraction of sp³-hybridized carbons (Fsp3) is 0.620. The second kappa shape index (κ2) is 34.3. The third-order valence-corrected chi connectivity index (χ3v) is 12.7. The lowest BCUT2D eigenvalue weighted by Crippen LogP contribution is -2.61. The predicted octanol–water partition coefficient (Wildman–Crippen LogP) is 2.21. The third kappa shape index (κ3) is 24.3. The number of nitrogens with one attached hydrogen (secondary N) is 2. The molecule has 2 amide bonds. The van der Waals surface area contributed by atoms with Gasteiger partial charge in [-0.2, -0.15) is 0 Å². The number of hydrogen-bond acceptors (Lipinski definition) is 26. The number of benzene rings is 1. The maximum atomic E-state index is 12.9. The topological polar surface area (TPSA) is 332 Å². The lowest BCUT2D eigenvalue weighted by Gasteiger charge is -2.44. The Kier molecular flexibility index (Phi) is 28.8. The zero-order valence-corrected chi connectivity index (χ0v) is 46.2. The Morgan fingerprint density at radius 3 is 1.21 bits per heavy atom. The SMILES string of the molecule is C=CCOC(=O)c1cc(OCCCNC(=O)CCS[C@@H]2O[C@H](COC(C)=O)[C@@H](OC(C)=O)[C@H](OC(C)=O)[C@H]2OC(C)=O)cc(OCCCNC(=O)CCS[C@@H]2O[C@H](COC(C)=O)[C@@H](OC(C)=O)[C@H](OC(C)=O)[C@H]2OC(C)=O)c1. The molecule has 3 rings (SSSR count). The number of rotatable bonds is 31. The second-order valence-electron chi connectivity index (χ2n) is 17.1. The summed E-state index contributed by atoms with van der Waals surface area (Å²) < 4.78 is 72.0. The Morgan fingerprint density at radius 1 is 0.500 bits per heavy atom. The van der Waals surface area contributed by atoms with Gasteiger partial charge in [-0.3, -0.25) is 47.9 Å². The van der Waals surface area contributed by atoms with Crippen LogP contribution in [0.25, 0.3) is 0 Å². The molecule has 1 aromatic carbocycles. The molecule has 0 radical (unpaired) electrons. The van der Waals surface area contributed by atoms with Gasteiger partial charge in [-0.25, -0.2) is 4.79 Å². The molecule has 2 aliphatic rings. The smallest absolute Gasteiger partial charge is 0.338 e. The maximum Gasteiger partial charge on any atom is 0.338 e. The highest BCUT2D eigenvalue weighted by molar-refractivity contribution is 8.00. The van der Waals surface area contributed by atoms with Crippen LogP contribution in [-0.2, 0) is 100 Å². The normalized spacial score (nSPS) is 22.4. The molecule has 0 spiro atoms. The Morgan fingerprint density at radius 2 is 0.859 bits per heavy atom. The standard InChI is InChI=1S/C50H68N2O24S2/c1-10-17-66-48(63)35-22-36(64-18-11-15-51-40(61)13-20-77-49-46(73-33(8)59)44(71-31(6)57)42(69-29(4)55)38(75-49)25-67-27(2)53)24-37(23-35)65-19-12-16-52-41(62)14-21-78-50-47(74-34(9)60)45(72-32(7)58)43(70-30(5)56)39(76-50)26-68-28(3)54/h10,22-24,38-39,42-47,49-50H,1,11-21,25-26H2,2-9H3,(H,51,61)(H,52,62)/t38-,39-,42-,43-,44+,45+,46-,47-,49+,50+/m1/s1. The molecule has 26 nitrogen and oxygen atoms in total. The second-order valence-corrected chi connectivity index (χ2v) is 19.5. The Labute approximate surface area is 458 Å². The number of amides is 2. The van der Waals surface area contributed by atoms with Crippen LogP contribution in [0.2, 0.25) is 0 Å². The molecule has 0 bridgehead atoms. The number of carbonyl (C=O) groups excluding carboxylic acids is 11. The van der Waals surface area contributed by atoms with Crippen molar-refractivity contribution in [3.63, 3.8) is 0 Å². The van der Waals surface area contributed by atoms with E-state index in [9.17, 15) is 52.7 Å². The zero-order valence-electron chi connectivity index (χ0n) is 44.6. The minimum Gasteiger partial charge on any atom is -0.493 e. The number of thioether (sulfide) groups is 2. The number of carbonyl (C=O) groups is 11. The summed E-state index contributed by atoms with van der Waals surface area (Å²) in [7, 11) is 0. The van der Waals surface area contributed by atoms with Crippen LogP contribution in [0, 0.1) is 0 Å². The van der Waals surface area contributed by atoms with E-state index in [2.05, 4.69) is 17.2 Å². The molecule has 2 aliphatic heterocycles. The fourth-order valence-electron chi connectivity index (χ4n) is 7.41. The van der Waals surface area contributed by atoms with Gasteiger partial charge in [-0.15, -0.1) is 23.5 Å². The Balaban J connectivity index is 1.53. The van der Waals surface area contributed by atoms with Crippen LogP contribution >= 0.6 is 23.5 Å². The fourth-order valence-corrected chi connectivity index (χ4v) is 9.73. The first kappa shape index (κ1) is 65.6. The van der Waals surface area contributed by atoms with Crippen molar-refractivity contribution in [1.29, 1.82) is 0 Å². The van der Waals surface area contributed by atoms with E-state index in [1.807, 2.05) is 0 Å². The van der Waals surface area contributed by atoms with Crippen molar-refractivity contribution in [2.75, 3.05) is 57.6 Å². The molecule has 2 saturated heterocycles. The van der Waals surface area contributed by atoms with Gasteiger partial charge in [0.05, 0.1) is 18.8 Å². The van der Waals surface area contributed by atoms with Crippen molar-refractivity contribution in [1.82, 2.24) is 10.6 Å². The van der Waals surface area contributed by atoms with Crippen LogP contribution in [0.1, 0.15) is 91.4 Å². The van der Waals surface area contributed by atoms with Gasteiger partial charge in [0.25, 0.3) is 0 Å². The minimum absolute atomic E-state index is 0.0320. The van der Waals surface area contributed by atoms with Gasteiger partial charge in [0.1, 0.15) is 54.4 Å². The molecular formula is C50H68N2O24S2. The molecule has 0 aliphatic carbocycles. The monoisotopic (exact) mass is 1140 g/mol. The molecule has 434 valence electrons. The molecule has 0 saturated carbocycles. The van der Waals surface area contributed by atoms with Crippen molar-refractivity contribution in [2.24, 2.45) is 0 Å². The van der Waals surface area contributed by atoms with Gasteiger partial charge in [-0.05, 0) is 25.0 Å². The Bertz CT molecular complexity index is 2130. The summed E-state index contributed by atoms with van der Waals surface area (Å²) in [6.07, 6.45) is -8.08. The third-order valence-electron chi connectivity index (χ3n) is 10.4. The summed E-state index contributed by atoms with van der Waals surface area (Å²) in [5.41, 5.74) is -1.97. The van der Waals surface area contributed by atoms with Gasteiger partial charge in [-0.1, -0.05) is 12.7 Å². The molecule has 28 heteroatoms. The van der Waals surface area contributed by atoms with Gasteiger partial charge >= 0.3 is 53.7 Å². The highest BCUT2D eigenvalue weighted by Gasteiger charge is 2.53. The molecule has 78 heavy (non-hydrogen) atoms. The first-order chi connectivity index (χ1) is 37.0. The molecule has 2 heterocycles. The van der Waals surface area contributed by atoms with Crippen molar-refractivity contribution in [3.8, 4) is 11.5 Å². The molecule has 1 aromatic rings. The van der Waals surface area contributed by atoms with Crippen LogP contribution in [0.3, 0.4) is 0 Å². The number of ether oxygens (including phenoxy) is 13. The Hall–Kier alpha value is -6.65. The number of esters is 9. The van der Waals surface area contributed by atoms with E-state index in [-0.39, 0.29) is 99.3 Å². The van der Waals surface area contributed by atoms with E-state index in [1.165, 1.54) is 18.2 Å². The molecule has 2 N–H and O–H groups in total. The van der Waals surface area contributed by atoms with Crippen LogP contribution in [0.15, 0.2) is 30.9 Å². The van der Waals surface area contributed by atoms with Crippen molar-refractivity contribution >= 4 is 89.1 Å². The van der Waals surface area contributed by atoms with Crippen LogP contribution in [0.4, 0.5) is 0 Å². The summed E-state index contributed by atoms with van der Waals surface area (Å²) in [4.78, 5) is 134. The predicted molar refractivity (Wildman–Crippen MR) is 271 cm³/mol. The van der Waals surface area contributed by atoms with Crippen LogP contribution in [0.5, 0.6) is 11.5 Å². The zero-order chi connectivity index (χ0) is 57.9. The van der Waals surface area contributed by atoms with Crippen molar-refractivity contribution in [3.05, 3.63) is 36.4 Å². The maximum absolute atomic E-state index is 12.9. The molecule has 2 fully saturated rings. The summed E-state index contributed by atoms with van der Waals surface area (Å²) in [6, 6.07) is 4.47. The highest BCUT2D eigenvalue weighted by Crippen LogP contribution is 2.36. The lowest BCUT2D eigenvalue weighted by molar-refractivity contribution is -0.237.